The summed E-state index contributed by atoms with van der Waals surface area (Å²) < 4.78 is 10.6. The molecule has 0 saturated heterocycles. The summed E-state index contributed by atoms with van der Waals surface area (Å²) in [6.45, 7) is 1.90. The summed E-state index contributed by atoms with van der Waals surface area (Å²) in [5.41, 5.74) is 2.16. The van der Waals surface area contributed by atoms with Crippen LogP contribution in [0.2, 0.25) is 0 Å². The van der Waals surface area contributed by atoms with E-state index in [0.29, 0.717) is 5.33 Å². The normalized spacial score (nSPS) is 26.5. The molecule has 0 spiro atoms. The van der Waals surface area contributed by atoms with Gasteiger partial charge >= 0.3 is 0 Å². The molecule has 1 aromatic rings. The van der Waals surface area contributed by atoms with Crippen LogP contribution in [-0.4, -0.2) is 31.0 Å². The summed E-state index contributed by atoms with van der Waals surface area (Å²) in [7, 11) is 3.30. The van der Waals surface area contributed by atoms with Gasteiger partial charge in [0.15, 0.2) is 0 Å². The number of halogens is 1. The average molecular weight is 328 g/mol. The molecular formula is C14H18BrNO3. The predicted molar refractivity (Wildman–Crippen MR) is 78.1 cm³/mol. The number of hydrogen-bond acceptors (Lipinski definition) is 4. The first-order valence-corrected chi connectivity index (χ1v) is 7.24. The highest BCUT2D eigenvalue weighted by atomic mass is 79.9. The summed E-state index contributed by atoms with van der Waals surface area (Å²) in [6, 6.07) is 8.04. The lowest BCUT2D eigenvalue weighted by atomic mass is 9.87. The number of ether oxygens (including phenoxy) is 2. The van der Waals surface area contributed by atoms with Gasteiger partial charge < -0.3 is 14.3 Å². The lowest BCUT2D eigenvalue weighted by Crippen LogP contribution is -2.38. The Hall–Kier alpha value is -1.07. The van der Waals surface area contributed by atoms with E-state index in [1.54, 1.807) is 14.2 Å². The molecule has 104 valence electrons. The van der Waals surface area contributed by atoms with Gasteiger partial charge in [0, 0.05) is 31.7 Å². The molecule has 1 aromatic carbocycles. The minimum Gasteiger partial charge on any atom is -0.497 e. The van der Waals surface area contributed by atoms with Crippen LogP contribution in [0.5, 0.6) is 5.75 Å². The van der Waals surface area contributed by atoms with E-state index in [1.807, 2.05) is 19.1 Å². The number of alkyl halides is 1. The fraction of sp³-hybridized carbons (Fsp3) is 0.500. The lowest BCUT2D eigenvalue weighted by Gasteiger charge is -2.34. The highest BCUT2D eigenvalue weighted by Gasteiger charge is 2.37. The van der Waals surface area contributed by atoms with Gasteiger partial charge in [0.25, 0.3) is 0 Å². The Kier molecular flexibility index (Phi) is 4.47. The standard InChI is InChI=1S/C14H18BrNO3/c1-14(18-3)8-12(13(9-15)16-19-14)10-4-6-11(17-2)7-5-10/h4-7,12H,8-9H2,1-3H3/t12-,14+/m1/s1. The average Bonchev–Trinajstić information content (AvgIpc) is 2.47. The second-order valence-corrected chi connectivity index (χ2v) is 5.24. The van der Waals surface area contributed by atoms with Crippen LogP contribution in [0.15, 0.2) is 29.4 Å². The lowest BCUT2D eigenvalue weighted by molar-refractivity contribution is -0.221. The predicted octanol–water partition coefficient (Wildman–Crippen LogP) is 3.31. The molecule has 1 aliphatic heterocycles. The Morgan fingerprint density at radius 3 is 2.58 bits per heavy atom. The molecule has 19 heavy (non-hydrogen) atoms. The second kappa shape index (κ2) is 5.92. The molecular weight excluding hydrogens is 310 g/mol. The largest absolute Gasteiger partial charge is 0.497 e. The Morgan fingerprint density at radius 2 is 2.05 bits per heavy atom. The summed E-state index contributed by atoms with van der Waals surface area (Å²) in [5.74, 6) is 0.364. The molecule has 1 heterocycles. The van der Waals surface area contributed by atoms with Crippen LogP contribution in [0.25, 0.3) is 0 Å². The number of methoxy groups -OCH3 is 2. The van der Waals surface area contributed by atoms with Crippen molar-refractivity contribution in [2.75, 3.05) is 19.5 Å². The van der Waals surface area contributed by atoms with E-state index in [4.69, 9.17) is 14.3 Å². The van der Waals surface area contributed by atoms with E-state index in [-0.39, 0.29) is 5.92 Å². The number of oxime groups is 1. The van der Waals surface area contributed by atoms with E-state index < -0.39 is 5.79 Å². The van der Waals surface area contributed by atoms with Crippen molar-refractivity contribution in [1.82, 2.24) is 0 Å². The molecule has 0 N–H and O–H groups in total. The minimum atomic E-state index is -0.670. The van der Waals surface area contributed by atoms with Crippen molar-refractivity contribution in [2.24, 2.45) is 5.16 Å². The highest BCUT2D eigenvalue weighted by molar-refractivity contribution is 9.09. The Labute approximate surface area is 121 Å². The van der Waals surface area contributed by atoms with Gasteiger partial charge in [-0.3, -0.25) is 0 Å². The van der Waals surface area contributed by atoms with Crippen LogP contribution >= 0.6 is 15.9 Å². The van der Waals surface area contributed by atoms with Crippen LogP contribution in [-0.2, 0) is 9.57 Å². The summed E-state index contributed by atoms with van der Waals surface area (Å²) in [6.07, 6.45) is 0.736. The van der Waals surface area contributed by atoms with Gasteiger partial charge in [0.2, 0.25) is 5.79 Å². The van der Waals surface area contributed by atoms with Gasteiger partial charge in [-0.25, -0.2) is 0 Å². The van der Waals surface area contributed by atoms with E-state index in [9.17, 15) is 0 Å². The van der Waals surface area contributed by atoms with Crippen molar-refractivity contribution in [3.05, 3.63) is 29.8 Å². The van der Waals surface area contributed by atoms with E-state index >= 15 is 0 Å². The molecule has 0 radical (unpaired) electrons. The quantitative estimate of drug-likeness (QED) is 0.796. The van der Waals surface area contributed by atoms with Gasteiger partial charge in [-0.15, -0.1) is 0 Å². The molecule has 0 aliphatic carbocycles. The fourth-order valence-corrected chi connectivity index (χ4v) is 2.62. The number of benzene rings is 1. The molecule has 5 heteroatoms. The maximum Gasteiger partial charge on any atom is 0.234 e. The zero-order chi connectivity index (χ0) is 13.9. The van der Waals surface area contributed by atoms with Crippen LogP contribution in [0.4, 0.5) is 0 Å². The SMILES string of the molecule is COc1ccc([C@H]2C[C@@](C)(OC)ON=C2CBr)cc1. The topological polar surface area (TPSA) is 40.0 Å². The van der Waals surface area contributed by atoms with E-state index in [2.05, 4.69) is 33.2 Å². The Bertz CT molecular complexity index is 460. The second-order valence-electron chi connectivity index (χ2n) is 4.68. The molecule has 0 aromatic heterocycles. The maximum absolute atomic E-state index is 5.43. The smallest absolute Gasteiger partial charge is 0.234 e. The number of hydrogen-bond donors (Lipinski definition) is 0. The summed E-state index contributed by atoms with van der Waals surface area (Å²) >= 11 is 3.46. The van der Waals surface area contributed by atoms with Crippen molar-refractivity contribution in [3.8, 4) is 5.75 Å². The van der Waals surface area contributed by atoms with Gasteiger partial charge in [-0.1, -0.05) is 33.2 Å². The summed E-state index contributed by atoms with van der Waals surface area (Å²) in [4.78, 5) is 5.43. The molecule has 2 atom stereocenters. The Balaban J connectivity index is 2.28. The van der Waals surface area contributed by atoms with Gasteiger partial charge in [-0.2, -0.15) is 0 Å². The first-order chi connectivity index (χ1) is 9.11. The number of rotatable bonds is 4. The molecule has 1 aliphatic rings. The molecule has 0 saturated carbocycles. The molecule has 4 nitrogen and oxygen atoms in total. The zero-order valence-electron chi connectivity index (χ0n) is 11.4. The van der Waals surface area contributed by atoms with Crippen molar-refractivity contribution in [2.45, 2.75) is 25.0 Å². The molecule has 0 fully saturated rings. The first-order valence-electron chi connectivity index (χ1n) is 6.12. The third-order valence-electron chi connectivity index (χ3n) is 3.42. The van der Waals surface area contributed by atoms with E-state index in [0.717, 1.165) is 17.9 Å². The minimum absolute atomic E-state index is 0.184. The molecule has 0 unspecified atom stereocenters. The summed E-state index contributed by atoms with van der Waals surface area (Å²) in [5, 5.41) is 4.87. The van der Waals surface area contributed by atoms with Crippen molar-refractivity contribution in [1.29, 1.82) is 0 Å². The first kappa shape index (κ1) is 14.3. The van der Waals surface area contributed by atoms with Gasteiger partial charge in [0.05, 0.1) is 12.8 Å². The number of nitrogens with zero attached hydrogens (tertiary/aromatic N) is 1. The molecule has 0 bridgehead atoms. The monoisotopic (exact) mass is 327 g/mol. The zero-order valence-corrected chi connectivity index (χ0v) is 12.9. The van der Waals surface area contributed by atoms with Gasteiger partial charge in [-0.05, 0) is 17.7 Å². The van der Waals surface area contributed by atoms with Crippen LogP contribution in [0.3, 0.4) is 0 Å². The third-order valence-corrected chi connectivity index (χ3v) is 3.99. The van der Waals surface area contributed by atoms with Crippen LogP contribution in [0.1, 0.15) is 24.8 Å². The van der Waals surface area contributed by atoms with Crippen molar-refractivity contribution < 1.29 is 14.3 Å². The van der Waals surface area contributed by atoms with E-state index in [1.165, 1.54) is 5.56 Å². The van der Waals surface area contributed by atoms with Gasteiger partial charge in [0.1, 0.15) is 5.75 Å². The molecule has 0 amide bonds. The third kappa shape index (κ3) is 3.09. The van der Waals surface area contributed by atoms with Crippen LogP contribution in [0, 0.1) is 0 Å². The molecule has 2 rings (SSSR count). The maximum atomic E-state index is 5.43. The van der Waals surface area contributed by atoms with Crippen LogP contribution < -0.4 is 4.74 Å². The fourth-order valence-electron chi connectivity index (χ4n) is 2.13. The van der Waals surface area contributed by atoms with Crippen molar-refractivity contribution >= 4 is 21.6 Å². The highest BCUT2D eigenvalue weighted by Crippen LogP contribution is 2.35. The Morgan fingerprint density at radius 1 is 1.37 bits per heavy atom. The van der Waals surface area contributed by atoms with Crippen molar-refractivity contribution in [3.63, 3.8) is 0 Å².